The first-order chi connectivity index (χ1) is 6.77. The fourth-order valence-corrected chi connectivity index (χ4v) is 2.26. The van der Waals surface area contributed by atoms with Crippen LogP contribution in [-0.4, -0.2) is 0 Å². The van der Waals surface area contributed by atoms with Crippen LogP contribution >= 0.6 is 0 Å². The zero-order chi connectivity index (χ0) is 11.4. The summed E-state index contributed by atoms with van der Waals surface area (Å²) in [6.45, 7) is 12.8. The van der Waals surface area contributed by atoms with Crippen molar-refractivity contribution in [2.45, 2.75) is 86.5 Å². The van der Waals surface area contributed by atoms with E-state index in [1.165, 1.54) is 44.9 Å². The molecule has 0 amide bonds. The summed E-state index contributed by atoms with van der Waals surface area (Å²) >= 11 is 0. The fraction of sp³-hybridized carbons (Fsp3) is 1.00. The topological polar surface area (TPSA) is 0 Å². The van der Waals surface area contributed by atoms with Crippen molar-refractivity contribution in [1.29, 1.82) is 0 Å². The van der Waals surface area contributed by atoms with Gasteiger partial charge >= 0.3 is 0 Å². The van der Waals surface area contributed by atoms with Crippen LogP contribution in [-0.2, 0) is 0 Å². The normalized spacial score (nSPS) is 18.4. The molecule has 14 heavy (non-hydrogen) atoms. The molecular formula is C14H32. The van der Waals surface area contributed by atoms with Crippen LogP contribution in [0.1, 0.15) is 86.5 Å². The molecule has 0 nitrogen and oxygen atoms in total. The molecular weight excluding hydrogens is 168 g/mol. The van der Waals surface area contributed by atoms with Crippen molar-refractivity contribution in [3.63, 3.8) is 0 Å². The van der Waals surface area contributed by atoms with E-state index in [4.69, 9.17) is 0 Å². The van der Waals surface area contributed by atoms with Crippen molar-refractivity contribution < 1.29 is 0 Å². The average Bonchev–Trinajstić information content (AvgIpc) is 2.25. The first-order valence-electron chi connectivity index (χ1n) is 6.77. The molecule has 1 fully saturated rings. The van der Waals surface area contributed by atoms with Crippen molar-refractivity contribution >= 4 is 0 Å². The largest absolute Gasteiger partial charge is 0.0683 e. The third-order valence-electron chi connectivity index (χ3n) is 2.91. The summed E-state index contributed by atoms with van der Waals surface area (Å²) in [5, 5.41) is 0. The third-order valence-corrected chi connectivity index (χ3v) is 2.91. The van der Waals surface area contributed by atoms with Crippen molar-refractivity contribution in [1.82, 2.24) is 0 Å². The lowest BCUT2D eigenvalue weighted by Gasteiger charge is -2.33. The molecule has 0 atom stereocenters. The van der Waals surface area contributed by atoms with Crippen LogP contribution in [0.2, 0.25) is 0 Å². The molecule has 0 aromatic rings. The van der Waals surface area contributed by atoms with Crippen molar-refractivity contribution in [2.75, 3.05) is 0 Å². The lowest BCUT2D eigenvalue weighted by atomic mass is 9.73. The van der Waals surface area contributed by atoms with Crippen LogP contribution in [0, 0.1) is 5.41 Å². The van der Waals surface area contributed by atoms with Gasteiger partial charge in [0, 0.05) is 0 Å². The molecule has 0 spiro atoms. The molecule has 1 aliphatic carbocycles. The van der Waals surface area contributed by atoms with E-state index < -0.39 is 0 Å². The molecule has 1 saturated carbocycles. The Hall–Kier alpha value is 0. The average molecular weight is 200 g/mol. The highest BCUT2D eigenvalue weighted by Crippen LogP contribution is 2.39. The SMILES string of the molecule is CC.CC.CCCC1(C)CCCCC1. The first kappa shape index (κ1) is 16.4. The second-order valence-corrected chi connectivity index (χ2v) is 4.12. The highest BCUT2D eigenvalue weighted by atomic mass is 14.3. The molecule has 0 aliphatic heterocycles. The third kappa shape index (κ3) is 7.41. The second kappa shape index (κ2) is 11.1. The monoisotopic (exact) mass is 200 g/mol. The van der Waals surface area contributed by atoms with E-state index in [0.29, 0.717) is 0 Å². The van der Waals surface area contributed by atoms with E-state index in [1.54, 1.807) is 0 Å². The van der Waals surface area contributed by atoms with E-state index >= 15 is 0 Å². The summed E-state index contributed by atoms with van der Waals surface area (Å²) < 4.78 is 0. The quantitative estimate of drug-likeness (QED) is 0.527. The van der Waals surface area contributed by atoms with Crippen LogP contribution < -0.4 is 0 Å². The molecule has 0 heteroatoms. The summed E-state index contributed by atoms with van der Waals surface area (Å²) in [6.07, 6.45) is 10.2. The first-order valence-corrected chi connectivity index (χ1v) is 6.77. The Bertz CT molecular complexity index is 82.7. The van der Waals surface area contributed by atoms with E-state index in [9.17, 15) is 0 Å². The van der Waals surface area contributed by atoms with Gasteiger partial charge in [0.25, 0.3) is 0 Å². The highest BCUT2D eigenvalue weighted by Gasteiger charge is 2.24. The van der Waals surface area contributed by atoms with Crippen LogP contribution in [0.4, 0.5) is 0 Å². The molecule has 0 aromatic carbocycles. The Labute approximate surface area is 92.5 Å². The van der Waals surface area contributed by atoms with Gasteiger partial charge in [-0.1, -0.05) is 67.2 Å². The summed E-state index contributed by atoms with van der Waals surface area (Å²) in [5.41, 5.74) is 0.729. The summed E-state index contributed by atoms with van der Waals surface area (Å²) in [5.74, 6) is 0. The van der Waals surface area contributed by atoms with Gasteiger partial charge in [0.05, 0.1) is 0 Å². The Morgan fingerprint density at radius 3 is 1.64 bits per heavy atom. The van der Waals surface area contributed by atoms with Gasteiger partial charge in [-0.25, -0.2) is 0 Å². The maximum absolute atomic E-state index is 2.47. The van der Waals surface area contributed by atoms with Gasteiger partial charge < -0.3 is 0 Å². The molecule has 0 unspecified atom stereocenters. The van der Waals surface area contributed by atoms with Gasteiger partial charge in [-0.3, -0.25) is 0 Å². The summed E-state index contributed by atoms with van der Waals surface area (Å²) in [7, 11) is 0. The number of hydrogen-bond donors (Lipinski definition) is 0. The molecule has 0 radical (unpaired) electrons. The minimum atomic E-state index is 0.729. The standard InChI is InChI=1S/C10H20.2C2H6/c1-3-7-10(2)8-5-4-6-9-10;2*1-2/h3-9H2,1-2H3;2*1-2H3. The van der Waals surface area contributed by atoms with Crippen LogP contribution in [0.25, 0.3) is 0 Å². The predicted octanol–water partition coefficient (Wildman–Crippen LogP) is 5.81. The van der Waals surface area contributed by atoms with E-state index in [1.807, 2.05) is 27.7 Å². The molecule has 0 N–H and O–H groups in total. The van der Waals surface area contributed by atoms with Crippen molar-refractivity contribution in [2.24, 2.45) is 5.41 Å². The van der Waals surface area contributed by atoms with Gasteiger partial charge in [0.1, 0.15) is 0 Å². The number of rotatable bonds is 2. The summed E-state index contributed by atoms with van der Waals surface area (Å²) in [4.78, 5) is 0. The Balaban J connectivity index is 0. The van der Waals surface area contributed by atoms with Gasteiger partial charge in [-0.15, -0.1) is 0 Å². The maximum atomic E-state index is 2.47. The zero-order valence-corrected chi connectivity index (χ0v) is 11.4. The summed E-state index contributed by atoms with van der Waals surface area (Å²) in [6, 6.07) is 0. The van der Waals surface area contributed by atoms with E-state index in [-0.39, 0.29) is 0 Å². The minimum Gasteiger partial charge on any atom is -0.0683 e. The smallest absolute Gasteiger partial charge is 0.0326 e. The molecule has 1 aliphatic rings. The lowest BCUT2D eigenvalue weighted by molar-refractivity contribution is 0.197. The molecule has 0 saturated heterocycles. The van der Waals surface area contributed by atoms with Crippen LogP contribution in [0.3, 0.4) is 0 Å². The molecule has 88 valence electrons. The number of hydrogen-bond acceptors (Lipinski definition) is 0. The van der Waals surface area contributed by atoms with Gasteiger partial charge in [-0.05, 0) is 24.7 Å². The van der Waals surface area contributed by atoms with Crippen molar-refractivity contribution in [3.8, 4) is 0 Å². The fourth-order valence-electron chi connectivity index (χ4n) is 2.26. The predicted molar refractivity (Wildman–Crippen MR) is 68.8 cm³/mol. The van der Waals surface area contributed by atoms with E-state index in [0.717, 1.165) is 5.41 Å². The zero-order valence-electron chi connectivity index (χ0n) is 11.4. The van der Waals surface area contributed by atoms with Crippen LogP contribution in [0.15, 0.2) is 0 Å². The molecule has 0 bridgehead atoms. The molecule has 0 aromatic heterocycles. The lowest BCUT2D eigenvalue weighted by Crippen LogP contribution is -2.19. The van der Waals surface area contributed by atoms with Gasteiger partial charge in [-0.2, -0.15) is 0 Å². The Morgan fingerprint density at radius 2 is 1.29 bits per heavy atom. The Morgan fingerprint density at radius 1 is 0.857 bits per heavy atom. The van der Waals surface area contributed by atoms with Crippen LogP contribution in [0.5, 0.6) is 0 Å². The Kier molecular flexibility index (Phi) is 13.0. The van der Waals surface area contributed by atoms with Crippen molar-refractivity contribution in [3.05, 3.63) is 0 Å². The molecule has 1 rings (SSSR count). The maximum Gasteiger partial charge on any atom is -0.0326 e. The second-order valence-electron chi connectivity index (χ2n) is 4.12. The highest BCUT2D eigenvalue weighted by molar-refractivity contribution is 4.77. The van der Waals surface area contributed by atoms with Gasteiger partial charge in [0.2, 0.25) is 0 Å². The minimum absolute atomic E-state index is 0.729. The molecule has 0 heterocycles. The van der Waals surface area contributed by atoms with Gasteiger partial charge in [0.15, 0.2) is 0 Å². The van der Waals surface area contributed by atoms with E-state index in [2.05, 4.69) is 13.8 Å².